The molecule has 2 N–H and O–H groups in total. The van der Waals surface area contributed by atoms with Crippen LogP contribution in [0.1, 0.15) is 11.6 Å². The molecule has 14 heavy (non-hydrogen) atoms. The zero-order chi connectivity index (χ0) is 10.7. The molecule has 0 aliphatic heterocycles. The Bertz CT molecular complexity index is 357. The van der Waals surface area contributed by atoms with Crippen LogP contribution in [-0.2, 0) is 0 Å². The number of halogens is 2. The van der Waals surface area contributed by atoms with E-state index in [0.29, 0.717) is 0 Å². The number of hydrogen-bond acceptors (Lipinski definition) is 3. The maximum atomic E-state index is 12.6. The second kappa shape index (κ2) is 4.10. The number of benzene rings is 1. The predicted molar refractivity (Wildman–Crippen MR) is 46.0 cm³/mol. The third kappa shape index (κ3) is 2.02. The van der Waals surface area contributed by atoms with Crippen LogP contribution in [0.3, 0.4) is 0 Å². The van der Waals surface area contributed by atoms with Crippen molar-refractivity contribution in [2.75, 3.05) is 6.67 Å². The zero-order valence-corrected chi connectivity index (χ0v) is 7.11. The lowest BCUT2D eigenvalue weighted by molar-refractivity contribution is -0.385. The van der Waals surface area contributed by atoms with Crippen LogP contribution in [0.4, 0.5) is 14.5 Å². The summed E-state index contributed by atoms with van der Waals surface area (Å²) in [6.45, 7) is -0.924. The summed E-state index contributed by atoms with van der Waals surface area (Å²) >= 11 is 0. The minimum absolute atomic E-state index is 0.00102. The topological polar surface area (TPSA) is 69.2 Å². The molecule has 0 bridgehead atoms. The number of rotatable bonds is 3. The quantitative estimate of drug-likeness (QED) is 0.599. The normalized spacial score (nSPS) is 12.5. The number of hydrogen-bond donors (Lipinski definition) is 1. The Balaban J connectivity index is 3.21. The fourth-order valence-electron chi connectivity index (χ4n) is 1.07. The maximum Gasteiger partial charge on any atom is 0.277 e. The van der Waals surface area contributed by atoms with Crippen molar-refractivity contribution in [3.63, 3.8) is 0 Å². The Morgan fingerprint density at radius 2 is 2.21 bits per heavy atom. The lowest BCUT2D eigenvalue weighted by Crippen LogP contribution is -2.14. The van der Waals surface area contributed by atoms with Crippen molar-refractivity contribution in [2.45, 2.75) is 6.04 Å². The monoisotopic (exact) mass is 202 g/mol. The number of alkyl halides is 1. The molecule has 4 nitrogen and oxygen atoms in total. The van der Waals surface area contributed by atoms with E-state index in [9.17, 15) is 18.9 Å². The summed E-state index contributed by atoms with van der Waals surface area (Å²) in [5.41, 5.74) is 4.79. The fourth-order valence-corrected chi connectivity index (χ4v) is 1.07. The van der Waals surface area contributed by atoms with Crippen molar-refractivity contribution in [1.82, 2.24) is 0 Å². The first-order chi connectivity index (χ1) is 6.56. The molecule has 0 radical (unpaired) electrons. The van der Waals surface area contributed by atoms with Gasteiger partial charge >= 0.3 is 0 Å². The lowest BCUT2D eigenvalue weighted by Gasteiger charge is -2.07. The lowest BCUT2D eigenvalue weighted by atomic mass is 10.1. The van der Waals surface area contributed by atoms with Gasteiger partial charge in [-0.2, -0.15) is 0 Å². The van der Waals surface area contributed by atoms with E-state index in [4.69, 9.17) is 5.73 Å². The van der Waals surface area contributed by atoms with Crippen LogP contribution in [0.15, 0.2) is 18.2 Å². The Kier molecular flexibility index (Phi) is 3.08. The van der Waals surface area contributed by atoms with Gasteiger partial charge in [-0.05, 0) is 12.1 Å². The maximum absolute atomic E-state index is 12.6. The first-order valence-corrected chi connectivity index (χ1v) is 3.81. The van der Waals surface area contributed by atoms with Crippen LogP contribution >= 0.6 is 0 Å². The summed E-state index contributed by atoms with van der Waals surface area (Å²) in [6.07, 6.45) is 0. The van der Waals surface area contributed by atoms with Gasteiger partial charge in [0, 0.05) is 5.56 Å². The molecule has 6 heteroatoms. The number of nitrogens with zero attached hydrogens (tertiary/aromatic N) is 1. The Morgan fingerprint density at radius 3 is 2.71 bits per heavy atom. The molecule has 0 unspecified atom stereocenters. The van der Waals surface area contributed by atoms with Gasteiger partial charge in [0.1, 0.15) is 12.5 Å². The van der Waals surface area contributed by atoms with Crippen molar-refractivity contribution in [2.24, 2.45) is 5.73 Å². The Labute approximate surface area is 78.5 Å². The van der Waals surface area contributed by atoms with E-state index in [1.807, 2.05) is 0 Å². The second-order valence-corrected chi connectivity index (χ2v) is 2.72. The van der Waals surface area contributed by atoms with E-state index in [0.717, 1.165) is 18.2 Å². The van der Waals surface area contributed by atoms with Gasteiger partial charge in [0.05, 0.1) is 17.0 Å². The molecule has 0 aliphatic rings. The molecule has 0 amide bonds. The van der Waals surface area contributed by atoms with Gasteiger partial charge in [0.15, 0.2) is 0 Å². The average molecular weight is 202 g/mol. The second-order valence-electron chi connectivity index (χ2n) is 2.72. The van der Waals surface area contributed by atoms with Gasteiger partial charge in [-0.25, -0.2) is 8.78 Å². The van der Waals surface area contributed by atoms with E-state index in [2.05, 4.69) is 0 Å². The number of nitro benzene ring substituents is 1. The average Bonchev–Trinajstić information content (AvgIpc) is 2.16. The molecule has 1 aromatic rings. The van der Waals surface area contributed by atoms with E-state index in [1.165, 1.54) is 0 Å². The Morgan fingerprint density at radius 1 is 1.57 bits per heavy atom. The highest BCUT2D eigenvalue weighted by Gasteiger charge is 2.19. The minimum atomic E-state index is -1.09. The summed E-state index contributed by atoms with van der Waals surface area (Å²) in [6, 6.07) is 1.77. The van der Waals surface area contributed by atoms with Crippen molar-refractivity contribution >= 4 is 5.69 Å². The van der Waals surface area contributed by atoms with Crippen LogP contribution < -0.4 is 5.73 Å². The molecule has 1 aromatic carbocycles. The summed E-state index contributed by atoms with van der Waals surface area (Å²) in [7, 11) is 0. The Hall–Kier alpha value is -1.56. The number of nitro groups is 1. The van der Waals surface area contributed by atoms with Crippen LogP contribution in [0, 0.1) is 15.9 Å². The van der Waals surface area contributed by atoms with E-state index in [-0.39, 0.29) is 5.56 Å². The van der Waals surface area contributed by atoms with Crippen molar-refractivity contribution in [3.05, 3.63) is 39.7 Å². The van der Waals surface area contributed by atoms with E-state index < -0.39 is 29.1 Å². The van der Waals surface area contributed by atoms with Crippen molar-refractivity contribution < 1.29 is 13.7 Å². The van der Waals surface area contributed by atoms with Gasteiger partial charge in [0.2, 0.25) is 0 Å². The smallest absolute Gasteiger partial charge is 0.277 e. The molecular formula is C8H8F2N2O2. The van der Waals surface area contributed by atoms with Crippen molar-refractivity contribution in [1.29, 1.82) is 0 Å². The third-order valence-corrected chi connectivity index (χ3v) is 1.75. The standard InChI is InChI=1S/C8H8F2N2O2/c9-4-7(11)6-2-1-5(10)3-8(6)12(13)14/h1-3,7H,4,11H2/t7-/m1/s1. The number of nitrogens with two attached hydrogens (primary N) is 1. The third-order valence-electron chi connectivity index (χ3n) is 1.75. The molecule has 0 spiro atoms. The van der Waals surface area contributed by atoms with Gasteiger partial charge in [0.25, 0.3) is 5.69 Å². The van der Waals surface area contributed by atoms with Gasteiger partial charge in [-0.1, -0.05) is 0 Å². The van der Waals surface area contributed by atoms with Crippen molar-refractivity contribution in [3.8, 4) is 0 Å². The molecule has 0 heterocycles. The van der Waals surface area contributed by atoms with Crippen LogP contribution in [0.25, 0.3) is 0 Å². The molecular weight excluding hydrogens is 194 g/mol. The molecule has 0 aromatic heterocycles. The first-order valence-electron chi connectivity index (χ1n) is 3.81. The van der Waals surface area contributed by atoms with Gasteiger partial charge < -0.3 is 5.73 Å². The van der Waals surface area contributed by atoms with E-state index in [1.54, 1.807) is 0 Å². The largest absolute Gasteiger partial charge is 0.322 e. The highest BCUT2D eigenvalue weighted by Crippen LogP contribution is 2.24. The molecule has 1 rings (SSSR count). The first kappa shape index (κ1) is 10.5. The molecule has 1 atom stereocenters. The molecule has 0 saturated heterocycles. The minimum Gasteiger partial charge on any atom is -0.322 e. The molecule has 0 aliphatic carbocycles. The SMILES string of the molecule is N[C@H](CF)c1ccc(F)cc1[N+](=O)[O-]. The molecule has 76 valence electrons. The molecule has 0 fully saturated rings. The van der Waals surface area contributed by atoms with E-state index >= 15 is 0 Å². The molecule has 0 saturated carbocycles. The van der Waals surface area contributed by atoms with Gasteiger partial charge in [-0.15, -0.1) is 0 Å². The van der Waals surface area contributed by atoms with Gasteiger partial charge in [-0.3, -0.25) is 10.1 Å². The zero-order valence-electron chi connectivity index (χ0n) is 7.11. The summed E-state index contributed by atoms with van der Waals surface area (Å²) < 4.78 is 24.8. The highest BCUT2D eigenvalue weighted by atomic mass is 19.1. The summed E-state index contributed by atoms with van der Waals surface area (Å²) in [5, 5.41) is 10.5. The predicted octanol–water partition coefficient (Wildman–Crippen LogP) is 1.70. The fraction of sp³-hybridized carbons (Fsp3) is 0.250. The highest BCUT2D eigenvalue weighted by molar-refractivity contribution is 5.42. The summed E-state index contributed by atoms with van der Waals surface area (Å²) in [4.78, 5) is 9.67. The van der Waals surface area contributed by atoms with Crippen LogP contribution in [-0.4, -0.2) is 11.6 Å². The van der Waals surface area contributed by atoms with Crippen LogP contribution in [0.5, 0.6) is 0 Å². The summed E-state index contributed by atoms with van der Waals surface area (Å²) in [5.74, 6) is -0.744. The van der Waals surface area contributed by atoms with Crippen LogP contribution in [0.2, 0.25) is 0 Å².